The Hall–Kier alpha value is -1.77. The summed E-state index contributed by atoms with van der Waals surface area (Å²) >= 11 is 0. The first kappa shape index (κ1) is 14.3. The smallest absolute Gasteiger partial charge is 0.191 e. The molecule has 0 bridgehead atoms. The van der Waals surface area contributed by atoms with Crippen LogP contribution in [0.3, 0.4) is 0 Å². The maximum absolute atomic E-state index is 4.16. The molecule has 0 aliphatic heterocycles. The van der Waals surface area contributed by atoms with E-state index < -0.39 is 0 Å². The zero-order valence-electron chi connectivity index (χ0n) is 11.8. The van der Waals surface area contributed by atoms with Gasteiger partial charge in [-0.25, -0.2) is 0 Å². The molecule has 0 aliphatic carbocycles. The molecule has 98 valence electrons. The summed E-state index contributed by atoms with van der Waals surface area (Å²) in [6, 6.07) is 4.42. The van der Waals surface area contributed by atoms with Crippen molar-refractivity contribution in [2.24, 2.45) is 4.99 Å². The van der Waals surface area contributed by atoms with Gasteiger partial charge in [0.2, 0.25) is 0 Å². The lowest BCUT2D eigenvalue weighted by Crippen LogP contribution is -2.37. The monoisotopic (exact) mass is 245 g/mol. The molecule has 0 aliphatic rings. The molecule has 1 aromatic carbocycles. The van der Waals surface area contributed by atoms with Crippen molar-refractivity contribution in [2.75, 3.05) is 13.6 Å². The fraction of sp³-hybridized carbons (Fsp3) is 0.400. The van der Waals surface area contributed by atoms with Crippen molar-refractivity contribution in [3.05, 3.63) is 47.0 Å². The van der Waals surface area contributed by atoms with E-state index in [1.54, 1.807) is 7.05 Å². The minimum atomic E-state index is 0.714. The number of hydrogen-bond acceptors (Lipinski definition) is 1. The van der Waals surface area contributed by atoms with E-state index in [0.717, 1.165) is 12.5 Å². The Kier molecular flexibility index (Phi) is 5.43. The molecular weight excluding hydrogens is 222 g/mol. The number of nitrogens with one attached hydrogen (secondary N) is 2. The van der Waals surface area contributed by atoms with Gasteiger partial charge in [-0.15, -0.1) is 6.58 Å². The molecule has 0 heterocycles. The largest absolute Gasteiger partial charge is 0.353 e. The third-order valence-electron chi connectivity index (χ3n) is 2.91. The minimum absolute atomic E-state index is 0.714. The van der Waals surface area contributed by atoms with E-state index in [1.165, 1.54) is 22.3 Å². The van der Waals surface area contributed by atoms with Crippen molar-refractivity contribution < 1.29 is 0 Å². The van der Waals surface area contributed by atoms with E-state index in [2.05, 4.69) is 55.1 Å². The molecule has 0 radical (unpaired) electrons. The Morgan fingerprint density at radius 3 is 2.33 bits per heavy atom. The Balaban J connectivity index is 2.71. The molecule has 0 unspecified atom stereocenters. The molecule has 0 fully saturated rings. The predicted molar refractivity (Wildman–Crippen MR) is 79.1 cm³/mol. The average Bonchev–Trinajstić information content (AvgIpc) is 2.31. The SMILES string of the molecule is C=CCNC(=NC)NCc1c(C)cc(C)cc1C. The maximum Gasteiger partial charge on any atom is 0.191 e. The topological polar surface area (TPSA) is 36.4 Å². The Bertz CT molecular complexity index is 424. The van der Waals surface area contributed by atoms with Crippen molar-refractivity contribution >= 4 is 5.96 Å². The van der Waals surface area contributed by atoms with Gasteiger partial charge in [-0.2, -0.15) is 0 Å². The van der Waals surface area contributed by atoms with Crippen LogP contribution in [0.5, 0.6) is 0 Å². The van der Waals surface area contributed by atoms with Crippen LogP contribution < -0.4 is 10.6 Å². The van der Waals surface area contributed by atoms with Crippen LogP contribution in [0.4, 0.5) is 0 Å². The van der Waals surface area contributed by atoms with Crippen LogP contribution in [0, 0.1) is 20.8 Å². The molecular formula is C15H23N3. The number of nitrogens with zero attached hydrogens (tertiary/aromatic N) is 1. The first-order chi connectivity index (χ1) is 8.58. The van der Waals surface area contributed by atoms with Crippen LogP contribution in [0.25, 0.3) is 0 Å². The van der Waals surface area contributed by atoms with Crippen LogP contribution in [-0.4, -0.2) is 19.6 Å². The van der Waals surface area contributed by atoms with Gasteiger partial charge in [0.15, 0.2) is 5.96 Å². The molecule has 0 saturated heterocycles. The van der Waals surface area contributed by atoms with Gasteiger partial charge < -0.3 is 10.6 Å². The summed E-state index contributed by atoms with van der Waals surface area (Å²) in [5.41, 5.74) is 5.28. The highest BCUT2D eigenvalue weighted by Crippen LogP contribution is 2.15. The number of guanidine groups is 1. The van der Waals surface area contributed by atoms with Gasteiger partial charge in [0.05, 0.1) is 0 Å². The third kappa shape index (κ3) is 3.91. The highest BCUT2D eigenvalue weighted by atomic mass is 15.2. The van der Waals surface area contributed by atoms with Gasteiger partial charge in [-0.3, -0.25) is 4.99 Å². The highest BCUT2D eigenvalue weighted by Gasteiger charge is 2.04. The van der Waals surface area contributed by atoms with Crippen molar-refractivity contribution in [1.82, 2.24) is 10.6 Å². The zero-order chi connectivity index (χ0) is 13.5. The molecule has 18 heavy (non-hydrogen) atoms. The van der Waals surface area contributed by atoms with Gasteiger partial charge in [-0.1, -0.05) is 23.8 Å². The van der Waals surface area contributed by atoms with Crippen molar-refractivity contribution in [1.29, 1.82) is 0 Å². The molecule has 0 atom stereocenters. The summed E-state index contributed by atoms with van der Waals surface area (Å²) in [5, 5.41) is 6.47. The number of benzene rings is 1. The second-order valence-electron chi connectivity index (χ2n) is 4.47. The summed E-state index contributed by atoms with van der Waals surface area (Å²) in [4.78, 5) is 4.16. The quantitative estimate of drug-likeness (QED) is 0.486. The molecule has 1 rings (SSSR count). The van der Waals surface area contributed by atoms with Crippen LogP contribution >= 0.6 is 0 Å². The average molecular weight is 245 g/mol. The van der Waals surface area contributed by atoms with Gasteiger partial charge >= 0.3 is 0 Å². The van der Waals surface area contributed by atoms with E-state index in [-0.39, 0.29) is 0 Å². The first-order valence-corrected chi connectivity index (χ1v) is 6.20. The fourth-order valence-corrected chi connectivity index (χ4v) is 2.05. The Morgan fingerprint density at radius 2 is 1.83 bits per heavy atom. The van der Waals surface area contributed by atoms with E-state index in [1.807, 2.05) is 6.08 Å². The molecule has 3 heteroatoms. The second-order valence-corrected chi connectivity index (χ2v) is 4.47. The summed E-state index contributed by atoms with van der Waals surface area (Å²) in [6.07, 6.45) is 1.81. The summed E-state index contributed by atoms with van der Waals surface area (Å²) in [5.74, 6) is 0.800. The van der Waals surface area contributed by atoms with Crippen molar-refractivity contribution in [3.63, 3.8) is 0 Å². The first-order valence-electron chi connectivity index (χ1n) is 6.20. The molecule has 3 nitrogen and oxygen atoms in total. The highest BCUT2D eigenvalue weighted by molar-refractivity contribution is 5.79. The molecule has 0 amide bonds. The van der Waals surface area contributed by atoms with Gasteiger partial charge in [-0.05, 0) is 37.5 Å². The lowest BCUT2D eigenvalue weighted by molar-refractivity contribution is 0.836. The van der Waals surface area contributed by atoms with Crippen molar-refractivity contribution in [2.45, 2.75) is 27.3 Å². The van der Waals surface area contributed by atoms with E-state index >= 15 is 0 Å². The third-order valence-corrected chi connectivity index (χ3v) is 2.91. The normalized spacial score (nSPS) is 11.2. The molecule has 0 aromatic heterocycles. The van der Waals surface area contributed by atoms with Crippen LogP contribution in [-0.2, 0) is 6.54 Å². The second kappa shape index (κ2) is 6.84. The lowest BCUT2D eigenvalue weighted by atomic mass is 10.00. The summed E-state index contributed by atoms with van der Waals surface area (Å²) in [7, 11) is 1.77. The van der Waals surface area contributed by atoms with E-state index in [9.17, 15) is 0 Å². The molecule has 0 spiro atoms. The Labute approximate surface area is 110 Å². The lowest BCUT2D eigenvalue weighted by Gasteiger charge is -2.14. The molecule has 0 saturated carbocycles. The molecule has 2 N–H and O–H groups in total. The Morgan fingerprint density at radius 1 is 1.22 bits per heavy atom. The van der Waals surface area contributed by atoms with Gasteiger partial charge in [0, 0.05) is 20.1 Å². The zero-order valence-corrected chi connectivity index (χ0v) is 11.8. The number of aliphatic imine (C=N–C) groups is 1. The number of rotatable bonds is 4. The predicted octanol–water partition coefficient (Wildman–Crippen LogP) is 2.46. The standard InChI is InChI=1S/C15H23N3/c1-6-7-17-15(16-5)18-10-14-12(3)8-11(2)9-13(14)4/h6,8-9H,1,7,10H2,2-5H3,(H2,16,17,18). The van der Waals surface area contributed by atoms with Crippen molar-refractivity contribution in [3.8, 4) is 0 Å². The number of aryl methyl sites for hydroxylation is 3. The fourth-order valence-electron chi connectivity index (χ4n) is 2.05. The summed E-state index contributed by atoms with van der Waals surface area (Å²) in [6.45, 7) is 11.6. The van der Waals surface area contributed by atoms with E-state index in [4.69, 9.17) is 0 Å². The van der Waals surface area contributed by atoms with Gasteiger partial charge in [0.1, 0.15) is 0 Å². The van der Waals surface area contributed by atoms with Crippen LogP contribution in [0.15, 0.2) is 29.8 Å². The van der Waals surface area contributed by atoms with Crippen LogP contribution in [0.2, 0.25) is 0 Å². The van der Waals surface area contributed by atoms with E-state index in [0.29, 0.717) is 6.54 Å². The van der Waals surface area contributed by atoms with Gasteiger partial charge in [0.25, 0.3) is 0 Å². The summed E-state index contributed by atoms with van der Waals surface area (Å²) < 4.78 is 0. The van der Waals surface area contributed by atoms with Crippen LogP contribution in [0.1, 0.15) is 22.3 Å². The molecule has 1 aromatic rings. The number of hydrogen-bond donors (Lipinski definition) is 2. The minimum Gasteiger partial charge on any atom is -0.353 e. The maximum atomic E-state index is 4.16.